The summed E-state index contributed by atoms with van der Waals surface area (Å²) in [6.07, 6.45) is 1.69. The predicted octanol–water partition coefficient (Wildman–Crippen LogP) is 1.00. The minimum absolute atomic E-state index is 0.0390. The molecule has 0 saturated carbocycles. The lowest BCUT2D eigenvalue weighted by Gasteiger charge is -2.24. The van der Waals surface area contributed by atoms with Crippen LogP contribution in [0.15, 0.2) is 35.7 Å². The van der Waals surface area contributed by atoms with Crippen LogP contribution in [0.4, 0.5) is 5.69 Å². The van der Waals surface area contributed by atoms with E-state index in [-0.39, 0.29) is 29.4 Å². The van der Waals surface area contributed by atoms with E-state index < -0.39 is 10.8 Å². The van der Waals surface area contributed by atoms with Gasteiger partial charge in [-0.1, -0.05) is 12.1 Å². The fraction of sp³-hybridized carbons (Fsp3) is 0.154. The van der Waals surface area contributed by atoms with Crippen LogP contribution in [-0.2, 0) is 4.79 Å². The molecule has 0 spiro atoms. The number of benzene rings is 1. The van der Waals surface area contributed by atoms with Gasteiger partial charge >= 0.3 is 0 Å². The quantitative estimate of drug-likeness (QED) is 0.368. The van der Waals surface area contributed by atoms with Crippen molar-refractivity contribution in [2.45, 2.75) is 12.3 Å². The van der Waals surface area contributed by atoms with E-state index in [2.05, 4.69) is 10.6 Å². The second-order valence-electron chi connectivity index (χ2n) is 4.29. The lowest BCUT2D eigenvalue weighted by Crippen LogP contribution is -2.37. The van der Waals surface area contributed by atoms with Gasteiger partial charge in [-0.15, -0.1) is 0 Å². The van der Waals surface area contributed by atoms with Crippen molar-refractivity contribution < 1.29 is 9.72 Å². The van der Waals surface area contributed by atoms with Gasteiger partial charge < -0.3 is 5.32 Å². The third kappa shape index (κ3) is 2.80. The molecule has 0 saturated heterocycles. The normalized spacial score (nSPS) is 17.4. The van der Waals surface area contributed by atoms with Crippen LogP contribution in [0, 0.1) is 32.9 Å². The third-order valence-electron chi connectivity index (χ3n) is 3.08. The number of nitro groups is 1. The number of rotatable bonds is 3. The van der Waals surface area contributed by atoms with Gasteiger partial charge in [-0.2, -0.15) is 10.5 Å². The Morgan fingerprint density at radius 1 is 1.33 bits per heavy atom. The molecule has 1 amide bonds. The first-order valence-corrected chi connectivity index (χ1v) is 5.90. The molecule has 21 heavy (non-hydrogen) atoms. The summed E-state index contributed by atoms with van der Waals surface area (Å²) in [5, 5.41) is 33.2. The Morgan fingerprint density at radius 2 is 2.00 bits per heavy atom. The topological polar surface area (TPSA) is 132 Å². The van der Waals surface area contributed by atoms with Gasteiger partial charge in [-0.3, -0.25) is 20.2 Å². The molecule has 0 aromatic heterocycles. The van der Waals surface area contributed by atoms with Crippen LogP contribution in [0.25, 0.3) is 0 Å². The van der Waals surface area contributed by atoms with Crippen LogP contribution < -0.4 is 10.6 Å². The minimum Gasteiger partial charge on any atom is -0.311 e. The molecule has 8 nitrogen and oxygen atoms in total. The first-order valence-electron chi connectivity index (χ1n) is 5.90. The van der Waals surface area contributed by atoms with Gasteiger partial charge in [0.05, 0.1) is 16.6 Å². The summed E-state index contributed by atoms with van der Waals surface area (Å²) in [5.74, 6) is -0.824. The number of carbonyl (C=O) groups excluding carboxylic acids is 1. The van der Waals surface area contributed by atoms with Crippen molar-refractivity contribution in [1.82, 2.24) is 10.6 Å². The van der Waals surface area contributed by atoms with Crippen molar-refractivity contribution in [2.75, 3.05) is 0 Å². The molecule has 2 N–H and O–H groups in total. The zero-order valence-electron chi connectivity index (χ0n) is 10.7. The lowest BCUT2D eigenvalue weighted by molar-refractivity contribution is -0.384. The second kappa shape index (κ2) is 5.72. The van der Waals surface area contributed by atoms with Crippen LogP contribution >= 0.6 is 0 Å². The molecule has 1 unspecified atom stereocenters. The summed E-state index contributed by atoms with van der Waals surface area (Å²) < 4.78 is 0. The fourth-order valence-corrected chi connectivity index (χ4v) is 2.12. The van der Waals surface area contributed by atoms with Crippen LogP contribution in [0.5, 0.6) is 0 Å². The number of non-ortho nitro benzene ring substituents is 1. The molecule has 8 heteroatoms. The third-order valence-corrected chi connectivity index (χ3v) is 3.08. The van der Waals surface area contributed by atoms with Crippen LogP contribution in [0.1, 0.15) is 17.9 Å². The van der Waals surface area contributed by atoms with E-state index in [0.29, 0.717) is 5.56 Å². The number of allylic oxidation sites excluding steroid dienone is 1. The minimum atomic E-state index is -0.541. The number of nitro benzene ring substituents is 1. The number of nitrogens with zero attached hydrogens (tertiary/aromatic N) is 3. The van der Waals surface area contributed by atoms with Crippen LogP contribution in [0.3, 0.4) is 0 Å². The van der Waals surface area contributed by atoms with Crippen molar-refractivity contribution in [3.63, 3.8) is 0 Å². The molecule has 104 valence electrons. The Labute approximate surface area is 119 Å². The van der Waals surface area contributed by atoms with Gasteiger partial charge in [0, 0.05) is 24.5 Å². The van der Waals surface area contributed by atoms with E-state index in [0.717, 1.165) is 0 Å². The average molecular weight is 283 g/mol. The molecular weight excluding hydrogens is 274 g/mol. The first-order chi connectivity index (χ1) is 10.1. The summed E-state index contributed by atoms with van der Waals surface area (Å²) in [5.41, 5.74) is 0.742. The first kappa shape index (κ1) is 14.0. The monoisotopic (exact) mass is 283 g/mol. The van der Waals surface area contributed by atoms with Crippen LogP contribution in [-0.4, -0.2) is 10.8 Å². The highest BCUT2D eigenvalue weighted by molar-refractivity contribution is 5.82. The van der Waals surface area contributed by atoms with Crippen molar-refractivity contribution in [3.8, 4) is 12.3 Å². The molecule has 1 heterocycles. The summed E-state index contributed by atoms with van der Waals surface area (Å²) in [7, 11) is 0. The average Bonchev–Trinajstić information content (AvgIpc) is 2.47. The summed E-state index contributed by atoms with van der Waals surface area (Å²) in [6.45, 7) is 0. The zero-order valence-corrected chi connectivity index (χ0v) is 10.7. The van der Waals surface area contributed by atoms with Gasteiger partial charge in [0.1, 0.15) is 5.82 Å². The van der Waals surface area contributed by atoms with E-state index in [9.17, 15) is 20.2 Å². The highest BCUT2D eigenvalue weighted by atomic mass is 16.6. The van der Waals surface area contributed by atoms with Crippen molar-refractivity contribution in [2.24, 2.45) is 0 Å². The Kier molecular flexibility index (Phi) is 3.82. The Hall–Kier alpha value is -3.39. The molecule has 0 bridgehead atoms. The fourth-order valence-electron chi connectivity index (χ4n) is 2.12. The van der Waals surface area contributed by atoms with Gasteiger partial charge in [0.25, 0.3) is 5.69 Å². The largest absolute Gasteiger partial charge is 0.311 e. The molecular formula is C13H9N5O3. The molecule has 1 atom stereocenters. The summed E-state index contributed by atoms with van der Waals surface area (Å²) in [6, 6.07) is 7.60. The van der Waals surface area contributed by atoms with Gasteiger partial charge in [-0.05, 0) is 5.56 Å². The molecule has 1 aliphatic rings. The maximum absolute atomic E-state index is 11.7. The Balaban J connectivity index is 2.43. The zero-order chi connectivity index (χ0) is 15.4. The highest BCUT2D eigenvalue weighted by Gasteiger charge is 2.29. The molecule has 1 aromatic carbocycles. The highest BCUT2D eigenvalue weighted by Crippen LogP contribution is 2.32. The number of nitrogens with one attached hydrogen (secondary N) is 2. The number of carbonyl (C=O) groups is 1. The van der Waals surface area contributed by atoms with Crippen LogP contribution in [0.2, 0.25) is 0 Å². The molecule has 2 rings (SSSR count). The predicted molar refractivity (Wildman–Crippen MR) is 70.0 cm³/mol. The van der Waals surface area contributed by atoms with Crippen molar-refractivity contribution >= 4 is 11.6 Å². The Bertz CT molecular complexity index is 709. The molecule has 1 aliphatic heterocycles. The number of hydrogen-bond donors (Lipinski definition) is 2. The van der Waals surface area contributed by atoms with Gasteiger partial charge in [0.2, 0.25) is 5.91 Å². The van der Waals surface area contributed by atoms with E-state index >= 15 is 0 Å². The second-order valence-corrected chi connectivity index (χ2v) is 4.29. The number of amides is 1. The van der Waals surface area contributed by atoms with E-state index in [1.807, 2.05) is 6.07 Å². The van der Waals surface area contributed by atoms with Gasteiger partial charge in [0.15, 0.2) is 6.19 Å². The van der Waals surface area contributed by atoms with E-state index in [1.54, 1.807) is 6.19 Å². The molecule has 0 radical (unpaired) electrons. The smallest absolute Gasteiger partial charge is 0.269 e. The van der Waals surface area contributed by atoms with Gasteiger partial charge in [-0.25, -0.2) is 0 Å². The van der Waals surface area contributed by atoms with E-state index in [1.165, 1.54) is 24.3 Å². The molecule has 0 fully saturated rings. The number of nitriles is 2. The van der Waals surface area contributed by atoms with Crippen molar-refractivity contribution in [3.05, 3.63) is 51.3 Å². The standard InChI is InChI=1S/C13H9N5O3/c14-6-11-10(5-12(19)17-13(11)16-7-15)8-1-3-9(4-2-8)18(20)21/h1-4,10,16H,5H2,(H,17,19). The lowest BCUT2D eigenvalue weighted by atomic mass is 9.86. The maximum atomic E-state index is 11.7. The van der Waals surface area contributed by atoms with E-state index in [4.69, 9.17) is 5.26 Å². The molecule has 1 aromatic rings. The summed E-state index contributed by atoms with van der Waals surface area (Å²) >= 11 is 0. The number of hydrogen-bond acceptors (Lipinski definition) is 6. The maximum Gasteiger partial charge on any atom is 0.269 e. The Morgan fingerprint density at radius 3 is 2.52 bits per heavy atom. The summed E-state index contributed by atoms with van der Waals surface area (Å²) in [4.78, 5) is 21.8. The molecule has 0 aliphatic carbocycles. The van der Waals surface area contributed by atoms with Crippen molar-refractivity contribution in [1.29, 1.82) is 10.5 Å². The SMILES string of the molecule is N#CNC1=C(C#N)C(c2ccc([N+](=O)[O-])cc2)CC(=O)N1.